The minimum Gasteiger partial charge on any atom is -0.463 e. The summed E-state index contributed by atoms with van der Waals surface area (Å²) in [6.45, 7) is 8.18. The molecule has 1 aromatic carbocycles. The van der Waals surface area contributed by atoms with Crippen LogP contribution in [0.3, 0.4) is 0 Å². The van der Waals surface area contributed by atoms with Crippen molar-refractivity contribution in [3.05, 3.63) is 47.7 Å². The molecule has 3 aliphatic heterocycles. The van der Waals surface area contributed by atoms with Crippen molar-refractivity contribution in [2.45, 2.75) is 46.1 Å². The third kappa shape index (κ3) is 7.96. The normalized spacial score (nSPS) is 19.7. The van der Waals surface area contributed by atoms with E-state index in [1.54, 1.807) is 44.1 Å². The SMILES string of the molecule is CCOC(=O)C1=CN(C[C@H]2CN(c3ccc(N4CCC(CCN=N/C=C(\C)C(=O)OCC)CC4)c(F)c3)C(=O)O2)NN1. The average Bonchev–Trinajstić information content (AvgIpc) is 3.59. The molecule has 0 aliphatic carbocycles. The molecule has 1 amide bonds. The molecule has 0 spiro atoms. The van der Waals surface area contributed by atoms with E-state index in [1.807, 2.05) is 4.90 Å². The molecule has 1 atom stereocenters. The first-order valence-electron chi connectivity index (χ1n) is 14.2. The van der Waals surface area contributed by atoms with Gasteiger partial charge in [0.05, 0.1) is 56.0 Å². The molecule has 0 saturated carbocycles. The molecule has 3 heterocycles. The van der Waals surface area contributed by atoms with Gasteiger partial charge in [0.25, 0.3) is 0 Å². The summed E-state index contributed by atoms with van der Waals surface area (Å²) in [6, 6.07) is 4.80. The number of hydrogen-bond donors (Lipinski definition) is 2. The molecule has 3 aliphatic rings. The Bertz CT molecular complexity index is 1230. The monoisotopic (exact) mass is 587 g/mol. The van der Waals surface area contributed by atoms with Crippen molar-refractivity contribution in [1.82, 2.24) is 16.0 Å². The smallest absolute Gasteiger partial charge is 0.414 e. The fraction of sp³-hybridized carbons (Fsp3) is 0.536. The average molecular weight is 588 g/mol. The van der Waals surface area contributed by atoms with E-state index < -0.39 is 30.0 Å². The van der Waals surface area contributed by atoms with E-state index >= 15 is 4.39 Å². The minimum absolute atomic E-state index is 0.235. The molecule has 0 radical (unpaired) electrons. The highest BCUT2D eigenvalue weighted by molar-refractivity contribution is 5.90. The number of hydrogen-bond acceptors (Lipinski definition) is 12. The van der Waals surface area contributed by atoms with Crippen LogP contribution in [0, 0.1) is 11.7 Å². The number of ether oxygens (including phenoxy) is 3. The summed E-state index contributed by atoms with van der Waals surface area (Å²) in [5.74, 6) is -0.827. The van der Waals surface area contributed by atoms with Crippen molar-refractivity contribution in [1.29, 1.82) is 0 Å². The number of halogens is 1. The summed E-state index contributed by atoms with van der Waals surface area (Å²) < 4.78 is 30.5. The summed E-state index contributed by atoms with van der Waals surface area (Å²) in [5.41, 5.74) is 7.12. The van der Waals surface area contributed by atoms with Crippen LogP contribution in [0.25, 0.3) is 0 Å². The summed E-state index contributed by atoms with van der Waals surface area (Å²) in [7, 11) is 0. The zero-order valence-electron chi connectivity index (χ0n) is 24.2. The van der Waals surface area contributed by atoms with Gasteiger partial charge in [0, 0.05) is 19.3 Å². The summed E-state index contributed by atoms with van der Waals surface area (Å²) in [4.78, 5) is 39.4. The van der Waals surface area contributed by atoms with Crippen LogP contribution in [0.15, 0.2) is 52.1 Å². The Balaban J connectivity index is 1.23. The highest BCUT2D eigenvalue weighted by Crippen LogP contribution is 2.31. The number of esters is 2. The standard InChI is InChI=1S/C28H38FN7O6/c1-4-40-26(37)19(3)15-31-30-11-8-20-9-12-34(13-10-20)25-7-6-21(14-23(25)29)36-17-22(42-28(36)39)16-35-18-24(32-33-35)27(38)41-5-2/h6-7,14-15,18,20,22,32-33H,4-5,8-13,16-17H2,1-3H3/b19-15+,31-30?/t22-/m0/s1. The number of hydrazine groups is 2. The van der Waals surface area contributed by atoms with Crippen LogP contribution in [-0.2, 0) is 23.8 Å². The molecule has 1 aromatic rings. The van der Waals surface area contributed by atoms with Gasteiger partial charge < -0.3 is 19.1 Å². The zero-order valence-corrected chi connectivity index (χ0v) is 24.2. The second-order valence-electron chi connectivity index (χ2n) is 10.1. The van der Waals surface area contributed by atoms with E-state index in [0.29, 0.717) is 49.1 Å². The highest BCUT2D eigenvalue weighted by Gasteiger charge is 2.35. The van der Waals surface area contributed by atoms with Crippen molar-refractivity contribution < 1.29 is 33.0 Å². The molecular formula is C28H38FN7O6. The Kier molecular flexibility index (Phi) is 10.7. The Labute approximate surface area is 244 Å². The van der Waals surface area contributed by atoms with Crippen LogP contribution in [0.2, 0.25) is 0 Å². The van der Waals surface area contributed by atoms with Crippen molar-refractivity contribution in [2.24, 2.45) is 16.1 Å². The number of anilines is 2. The predicted octanol–water partition coefficient (Wildman–Crippen LogP) is 3.41. The number of cyclic esters (lactones) is 1. The van der Waals surface area contributed by atoms with E-state index in [2.05, 4.69) is 21.2 Å². The lowest BCUT2D eigenvalue weighted by molar-refractivity contribution is -0.139. The number of benzene rings is 1. The quantitative estimate of drug-likeness (QED) is 0.162. The number of rotatable bonds is 12. The first-order chi connectivity index (χ1) is 20.3. The number of carbonyl (C=O) groups excluding carboxylic acids is 3. The fourth-order valence-corrected chi connectivity index (χ4v) is 4.92. The van der Waals surface area contributed by atoms with Crippen LogP contribution in [0.5, 0.6) is 0 Å². The number of carbonyl (C=O) groups is 3. The number of amides is 1. The molecule has 0 aromatic heterocycles. The van der Waals surface area contributed by atoms with E-state index in [-0.39, 0.29) is 25.4 Å². The first-order valence-corrected chi connectivity index (χ1v) is 14.2. The second-order valence-corrected chi connectivity index (χ2v) is 10.1. The zero-order chi connectivity index (χ0) is 30.1. The molecule has 228 valence electrons. The van der Waals surface area contributed by atoms with Crippen molar-refractivity contribution in [3.8, 4) is 0 Å². The second kappa shape index (κ2) is 14.6. The van der Waals surface area contributed by atoms with Gasteiger partial charge in [0.1, 0.15) is 11.9 Å². The maximum Gasteiger partial charge on any atom is 0.414 e. The van der Waals surface area contributed by atoms with Gasteiger partial charge in [-0.3, -0.25) is 15.3 Å². The molecule has 2 N–H and O–H groups in total. The lowest BCUT2D eigenvalue weighted by Gasteiger charge is -2.33. The van der Waals surface area contributed by atoms with Crippen molar-refractivity contribution in [2.75, 3.05) is 55.7 Å². The molecular weight excluding hydrogens is 549 g/mol. The maximum absolute atomic E-state index is 15.2. The van der Waals surface area contributed by atoms with Crippen molar-refractivity contribution >= 4 is 29.4 Å². The first kappa shape index (κ1) is 30.8. The van der Waals surface area contributed by atoms with Gasteiger partial charge in [-0.2, -0.15) is 10.2 Å². The maximum atomic E-state index is 15.2. The number of nitrogens with zero attached hydrogens (tertiary/aromatic N) is 5. The largest absolute Gasteiger partial charge is 0.463 e. The number of piperidine rings is 1. The van der Waals surface area contributed by atoms with Gasteiger partial charge in [0.15, 0.2) is 5.70 Å². The van der Waals surface area contributed by atoms with Crippen LogP contribution in [0.1, 0.15) is 40.0 Å². The molecule has 0 bridgehead atoms. The summed E-state index contributed by atoms with van der Waals surface area (Å²) in [5, 5.41) is 9.69. The third-order valence-electron chi connectivity index (χ3n) is 7.15. The summed E-state index contributed by atoms with van der Waals surface area (Å²) >= 11 is 0. The van der Waals surface area contributed by atoms with Crippen LogP contribution in [-0.4, -0.2) is 75.1 Å². The van der Waals surface area contributed by atoms with Gasteiger partial charge in [-0.15, -0.1) is 5.53 Å². The van der Waals surface area contributed by atoms with E-state index in [9.17, 15) is 14.4 Å². The summed E-state index contributed by atoms with van der Waals surface area (Å²) in [6.07, 6.45) is 4.58. The molecule has 14 heteroatoms. The van der Waals surface area contributed by atoms with Gasteiger partial charge in [-0.1, -0.05) is 0 Å². The Hall–Kier alpha value is -4.20. The fourth-order valence-electron chi connectivity index (χ4n) is 4.92. The Morgan fingerprint density at radius 2 is 1.95 bits per heavy atom. The van der Waals surface area contributed by atoms with E-state index in [0.717, 1.165) is 19.3 Å². The van der Waals surface area contributed by atoms with Gasteiger partial charge in [0.2, 0.25) is 0 Å². The van der Waals surface area contributed by atoms with Gasteiger partial charge >= 0.3 is 18.0 Å². The molecule has 13 nitrogen and oxygen atoms in total. The van der Waals surface area contributed by atoms with Gasteiger partial charge in [-0.25, -0.2) is 18.8 Å². The van der Waals surface area contributed by atoms with Gasteiger partial charge in [-0.05, 0) is 64.2 Å². The van der Waals surface area contributed by atoms with Crippen LogP contribution >= 0.6 is 0 Å². The van der Waals surface area contributed by atoms with Crippen LogP contribution in [0.4, 0.5) is 20.6 Å². The molecule has 42 heavy (non-hydrogen) atoms. The number of azo groups is 1. The molecule has 2 saturated heterocycles. The van der Waals surface area contributed by atoms with Crippen LogP contribution < -0.4 is 20.8 Å². The lowest BCUT2D eigenvalue weighted by Crippen LogP contribution is -2.42. The van der Waals surface area contributed by atoms with E-state index in [1.165, 1.54) is 17.2 Å². The highest BCUT2D eigenvalue weighted by atomic mass is 19.1. The third-order valence-corrected chi connectivity index (χ3v) is 7.15. The Morgan fingerprint density at radius 1 is 1.19 bits per heavy atom. The Morgan fingerprint density at radius 3 is 2.67 bits per heavy atom. The van der Waals surface area contributed by atoms with Crippen molar-refractivity contribution in [3.63, 3.8) is 0 Å². The lowest BCUT2D eigenvalue weighted by atomic mass is 9.93. The topological polar surface area (TPSA) is 137 Å². The molecule has 4 rings (SSSR count). The number of nitrogens with one attached hydrogen (secondary N) is 2. The minimum atomic E-state index is -0.557. The predicted molar refractivity (Wildman–Crippen MR) is 151 cm³/mol. The molecule has 0 unspecified atom stereocenters. The molecule has 2 fully saturated rings. The van der Waals surface area contributed by atoms with E-state index in [4.69, 9.17) is 14.2 Å².